The summed E-state index contributed by atoms with van der Waals surface area (Å²) in [5.74, 6) is 0.248. The molecule has 0 bridgehead atoms. The number of carbonyl (C=O) groups is 1. The lowest BCUT2D eigenvalue weighted by atomic mass is 9.99. The molecule has 1 N–H and O–H groups in total. The predicted octanol–water partition coefficient (Wildman–Crippen LogP) is 2.41. The maximum atomic E-state index is 11.9. The molecule has 16 heavy (non-hydrogen) atoms. The van der Waals surface area contributed by atoms with Gasteiger partial charge in [-0.15, -0.1) is 0 Å². The Hall–Kier alpha value is -0.570. The third-order valence-electron chi connectivity index (χ3n) is 3.27. The first-order valence-corrected chi connectivity index (χ1v) is 6.31. The van der Waals surface area contributed by atoms with Gasteiger partial charge in [-0.1, -0.05) is 20.8 Å². The minimum absolute atomic E-state index is 0.0252. The summed E-state index contributed by atoms with van der Waals surface area (Å²) < 4.78 is 0. The summed E-state index contributed by atoms with van der Waals surface area (Å²) in [6.07, 6.45) is 2.54. The molecule has 0 spiro atoms. The van der Waals surface area contributed by atoms with Gasteiger partial charge < -0.3 is 10.2 Å². The summed E-state index contributed by atoms with van der Waals surface area (Å²) in [4.78, 5) is 13.8. The van der Waals surface area contributed by atoms with Crippen molar-refractivity contribution in [1.82, 2.24) is 10.2 Å². The van der Waals surface area contributed by atoms with Crippen molar-refractivity contribution in [1.29, 1.82) is 0 Å². The fourth-order valence-corrected chi connectivity index (χ4v) is 1.37. The standard InChI is InChI=1S/C13H28N2O/c1-7-13(4,5)15(6)12(16)9-8-10-14-11(2)3/h11,14H,7-10H2,1-6H3. The first-order chi connectivity index (χ1) is 7.31. The van der Waals surface area contributed by atoms with Crippen molar-refractivity contribution in [3.05, 3.63) is 0 Å². The van der Waals surface area contributed by atoms with Crippen molar-refractivity contribution in [2.75, 3.05) is 13.6 Å². The van der Waals surface area contributed by atoms with Crippen LogP contribution in [0.1, 0.15) is 53.9 Å². The van der Waals surface area contributed by atoms with Crippen LogP contribution < -0.4 is 5.32 Å². The van der Waals surface area contributed by atoms with Crippen molar-refractivity contribution in [2.45, 2.75) is 65.5 Å². The molecule has 0 saturated carbocycles. The Morgan fingerprint density at radius 2 is 1.94 bits per heavy atom. The van der Waals surface area contributed by atoms with E-state index in [-0.39, 0.29) is 11.4 Å². The smallest absolute Gasteiger partial charge is 0.222 e. The van der Waals surface area contributed by atoms with Gasteiger partial charge in [-0.05, 0) is 33.2 Å². The first kappa shape index (κ1) is 15.4. The Morgan fingerprint density at radius 1 is 1.38 bits per heavy atom. The maximum Gasteiger partial charge on any atom is 0.222 e. The molecule has 0 aromatic carbocycles. The van der Waals surface area contributed by atoms with Crippen LogP contribution in [0.3, 0.4) is 0 Å². The molecule has 0 radical (unpaired) electrons. The number of carbonyl (C=O) groups excluding carboxylic acids is 1. The number of amides is 1. The molecule has 3 heteroatoms. The fourth-order valence-electron chi connectivity index (χ4n) is 1.37. The van der Waals surface area contributed by atoms with Crippen LogP contribution in [0, 0.1) is 0 Å². The van der Waals surface area contributed by atoms with E-state index < -0.39 is 0 Å². The fraction of sp³-hybridized carbons (Fsp3) is 0.923. The van der Waals surface area contributed by atoms with Gasteiger partial charge in [0.25, 0.3) is 0 Å². The van der Waals surface area contributed by atoms with Crippen LogP contribution >= 0.6 is 0 Å². The van der Waals surface area contributed by atoms with Gasteiger partial charge in [0.15, 0.2) is 0 Å². The molecule has 0 aromatic rings. The Kier molecular flexibility index (Phi) is 6.65. The zero-order valence-electron chi connectivity index (χ0n) is 11.8. The van der Waals surface area contributed by atoms with Gasteiger partial charge in [-0.25, -0.2) is 0 Å². The Morgan fingerprint density at radius 3 is 2.38 bits per heavy atom. The summed E-state index contributed by atoms with van der Waals surface area (Å²) in [5, 5.41) is 3.32. The molecule has 0 rings (SSSR count). The molecule has 0 aliphatic heterocycles. The van der Waals surface area contributed by atoms with Gasteiger partial charge in [0.1, 0.15) is 0 Å². The van der Waals surface area contributed by atoms with Crippen LogP contribution in [0.4, 0.5) is 0 Å². The molecule has 0 unspecified atom stereocenters. The SMILES string of the molecule is CCC(C)(C)N(C)C(=O)CCCNC(C)C. The highest BCUT2D eigenvalue weighted by Gasteiger charge is 2.24. The van der Waals surface area contributed by atoms with Crippen molar-refractivity contribution >= 4 is 5.91 Å². The van der Waals surface area contributed by atoms with Gasteiger partial charge in [-0.3, -0.25) is 4.79 Å². The molecular formula is C13H28N2O. The monoisotopic (exact) mass is 228 g/mol. The van der Waals surface area contributed by atoms with Crippen LogP contribution in [0.2, 0.25) is 0 Å². The predicted molar refractivity (Wildman–Crippen MR) is 69.5 cm³/mol. The largest absolute Gasteiger partial charge is 0.341 e. The third-order valence-corrected chi connectivity index (χ3v) is 3.27. The number of nitrogens with zero attached hydrogens (tertiary/aromatic N) is 1. The minimum atomic E-state index is -0.0252. The number of hydrogen-bond donors (Lipinski definition) is 1. The molecular weight excluding hydrogens is 200 g/mol. The summed E-state index contributed by atoms with van der Waals surface area (Å²) >= 11 is 0. The topological polar surface area (TPSA) is 32.3 Å². The zero-order valence-corrected chi connectivity index (χ0v) is 11.8. The molecule has 0 fully saturated rings. The summed E-state index contributed by atoms with van der Waals surface area (Å²) in [6, 6.07) is 0.500. The summed E-state index contributed by atoms with van der Waals surface area (Å²) in [6.45, 7) is 11.5. The number of nitrogens with one attached hydrogen (secondary N) is 1. The Balaban J connectivity index is 3.89. The van der Waals surface area contributed by atoms with Crippen molar-refractivity contribution < 1.29 is 4.79 Å². The lowest BCUT2D eigenvalue weighted by molar-refractivity contribution is -0.134. The molecule has 0 aliphatic rings. The highest BCUT2D eigenvalue weighted by atomic mass is 16.2. The second kappa shape index (κ2) is 6.89. The molecule has 3 nitrogen and oxygen atoms in total. The van der Waals surface area contributed by atoms with Gasteiger partial charge >= 0.3 is 0 Å². The van der Waals surface area contributed by atoms with E-state index in [4.69, 9.17) is 0 Å². The zero-order chi connectivity index (χ0) is 12.8. The van der Waals surface area contributed by atoms with Gasteiger partial charge in [-0.2, -0.15) is 0 Å². The van der Waals surface area contributed by atoms with E-state index in [1.54, 1.807) is 0 Å². The molecule has 0 atom stereocenters. The van der Waals surface area contributed by atoms with E-state index >= 15 is 0 Å². The normalized spacial score (nSPS) is 11.9. The lowest BCUT2D eigenvalue weighted by Crippen LogP contribution is -2.44. The van der Waals surface area contributed by atoms with Crippen LogP contribution in [0.5, 0.6) is 0 Å². The molecule has 0 aromatic heterocycles. The second-order valence-corrected chi connectivity index (χ2v) is 5.33. The van der Waals surface area contributed by atoms with Crippen LogP contribution in [-0.4, -0.2) is 36.0 Å². The molecule has 0 heterocycles. The van der Waals surface area contributed by atoms with Crippen molar-refractivity contribution in [3.63, 3.8) is 0 Å². The van der Waals surface area contributed by atoms with Crippen LogP contribution in [0.15, 0.2) is 0 Å². The Bertz CT molecular complexity index is 212. The highest BCUT2D eigenvalue weighted by molar-refractivity contribution is 5.76. The maximum absolute atomic E-state index is 11.9. The minimum Gasteiger partial charge on any atom is -0.341 e. The quantitative estimate of drug-likeness (QED) is 0.679. The first-order valence-electron chi connectivity index (χ1n) is 6.31. The third kappa shape index (κ3) is 5.50. The van der Waals surface area contributed by atoms with E-state index in [1.807, 2.05) is 11.9 Å². The number of rotatable bonds is 7. The number of hydrogen-bond acceptors (Lipinski definition) is 2. The average molecular weight is 228 g/mol. The lowest BCUT2D eigenvalue weighted by Gasteiger charge is -2.35. The van der Waals surface area contributed by atoms with E-state index in [0.717, 1.165) is 19.4 Å². The van der Waals surface area contributed by atoms with Gasteiger partial charge in [0.2, 0.25) is 5.91 Å². The molecule has 0 saturated heterocycles. The van der Waals surface area contributed by atoms with Crippen LogP contribution in [0.25, 0.3) is 0 Å². The summed E-state index contributed by atoms with van der Waals surface area (Å²) in [5.41, 5.74) is -0.0252. The Labute approximate surface area is 101 Å². The van der Waals surface area contributed by atoms with E-state index in [9.17, 15) is 4.79 Å². The van der Waals surface area contributed by atoms with Crippen LogP contribution in [-0.2, 0) is 4.79 Å². The molecule has 96 valence electrons. The summed E-state index contributed by atoms with van der Waals surface area (Å²) in [7, 11) is 1.90. The van der Waals surface area contributed by atoms with E-state index in [0.29, 0.717) is 12.5 Å². The van der Waals surface area contributed by atoms with E-state index in [2.05, 4.69) is 39.9 Å². The molecule has 1 amide bonds. The highest BCUT2D eigenvalue weighted by Crippen LogP contribution is 2.17. The van der Waals surface area contributed by atoms with Crippen molar-refractivity contribution in [2.24, 2.45) is 0 Å². The van der Waals surface area contributed by atoms with E-state index in [1.165, 1.54) is 0 Å². The van der Waals surface area contributed by atoms with Gasteiger partial charge in [0, 0.05) is 25.0 Å². The average Bonchev–Trinajstić information content (AvgIpc) is 2.22. The second-order valence-electron chi connectivity index (χ2n) is 5.33. The van der Waals surface area contributed by atoms with Gasteiger partial charge in [0.05, 0.1) is 0 Å². The molecule has 0 aliphatic carbocycles. The van der Waals surface area contributed by atoms with Crippen molar-refractivity contribution in [3.8, 4) is 0 Å².